The van der Waals surface area contributed by atoms with Gasteiger partial charge in [0.1, 0.15) is 10.4 Å². The molecule has 3 rings (SSSR count). The summed E-state index contributed by atoms with van der Waals surface area (Å²) in [7, 11) is 3.25. The fourth-order valence-electron chi connectivity index (χ4n) is 2.40. The van der Waals surface area contributed by atoms with E-state index in [1.54, 1.807) is 44.5 Å². The van der Waals surface area contributed by atoms with Gasteiger partial charge in [0.05, 0.1) is 11.6 Å². The van der Waals surface area contributed by atoms with Crippen LogP contribution in [0.15, 0.2) is 53.3 Å². The maximum Gasteiger partial charge on any atom is 0.268 e. The lowest BCUT2D eigenvalue weighted by Crippen LogP contribution is -2.29. The van der Waals surface area contributed by atoms with Crippen LogP contribution < -0.4 is 19.5 Å². The summed E-state index contributed by atoms with van der Waals surface area (Å²) in [6, 6.07) is 14.1. The van der Waals surface area contributed by atoms with E-state index in [4.69, 9.17) is 16.3 Å². The molecule has 0 amide bonds. The van der Waals surface area contributed by atoms with Crippen molar-refractivity contribution in [3.05, 3.63) is 84.2 Å². The van der Waals surface area contributed by atoms with Crippen molar-refractivity contribution in [1.29, 1.82) is 0 Å². The van der Waals surface area contributed by atoms with Crippen LogP contribution in [0.2, 0.25) is 5.02 Å². The molecule has 0 saturated heterocycles. The minimum absolute atomic E-state index is 0.145. The normalized spacial score (nSPS) is 12.4. The number of aromatic nitrogens is 1. The zero-order chi connectivity index (χ0) is 18.7. The van der Waals surface area contributed by atoms with Crippen molar-refractivity contribution < 1.29 is 9.53 Å². The van der Waals surface area contributed by atoms with E-state index < -0.39 is 0 Å². The van der Waals surface area contributed by atoms with Crippen LogP contribution in [0.5, 0.6) is 5.75 Å². The highest BCUT2D eigenvalue weighted by atomic mass is 35.5. The zero-order valence-electron chi connectivity index (χ0n) is 14.2. The van der Waals surface area contributed by atoms with Gasteiger partial charge < -0.3 is 9.30 Å². The molecule has 26 heavy (non-hydrogen) atoms. The van der Waals surface area contributed by atoms with Gasteiger partial charge in [0, 0.05) is 23.7 Å². The summed E-state index contributed by atoms with van der Waals surface area (Å²) < 4.78 is 7.82. The fourth-order valence-corrected chi connectivity index (χ4v) is 3.56. The molecule has 0 fully saturated rings. The molecule has 1 heterocycles. The van der Waals surface area contributed by atoms with Crippen LogP contribution in [0.25, 0.3) is 12.2 Å². The van der Waals surface area contributed by atoms with Crippen LogP contribution in [0, 0.1) is 0 Å². The molecule has 0 bridgehead atoms. The summed E-state index contributed by atoms with van der Waals surface area (Å²) in [6.45, 7) is 0. The number of carbonyl (C=O) groups is 1. The van der Waals surface area contributed by atoms with Crippen molar-refractivity contribution in [2.75, 3.05) is 7.11 Å². The first-order valence-electron chi connectivity index (χ1n) is 7.81. The second-order valence-electron chi connectivity index (χ2n) is 5.61. The highest BCUT2D eigenvalue weighted by Gasteiger charge is 2.06. The molecule has 1 aromatic heterocycles. The minimum atomic E-state index is -0.175. The number of carbonyl (C=O) groups excluding carboxylic acids is 1. The monoisotopic (exact) mass is 385 g/mol. The standard InChI is InChI=1S/C20H16ClNO3S/c1-22-19(12-17(23)14-6-8-15(21)9-7-14)26-18(20(22)24)11-13-4-3-5-16(10-13)25-2/h3-12H,1-2H3. The molecule has 0 atom stereocenters. The van der Waals surface area contributed by atoms with Gasteiger partial charge in [-0.2, -0.15) is 0 Å². The molecular formula is C20H16ClNO3S. The summed E-state index contributed by atoms with van der Waals surface area (Å²) in [4.78, 5) is 24.9. The number of hydrogen-bond donors (Lipinski definition) is 0. The Kier molecular flexibility index (Phi) is 5.40. The molecule has 0 spiro atoms. The average molecular weight is 386 g/mol. The number of benzene rings is 2. The predicted molar refractivity (Wildman–Crippen MR) is 106 cm³/mol. The smallest absolute Gasteiger partial charge is 0.268 e. The number of Topliss-reactive ketones (excluding diaryl/α,β-unsaturated/α-hetero) is 1. The first kappa shape index (κ1) is 18.2. The Bertz CT molecular complexity index is 1130. The third-order valence-corrected chi connectivity index (χ3v) is 5.20. The molecule has 0 N–H and O–H groups in total. The molecule has 4 nitrogen and oxygen atoms in total. The third-order valence-electron chi connectivity index (χ3n) is 3.84. The topological polar surface area (TPSA) is 48.3 Å². The van der Waals surface area contributed by atoms with Crippen LogP contribution in [0.1, 0.15) is 15.9 Å². The van der Waals surface area contributed by atoms with Gasteiger partial charge in [0.15, 0.2) is 5.78 Å². The van der Waals surface area contributed by atoms with Crippen molar-refractivity contribution in [2.24, 2.45) is 7.05 Å². The molecule has 132 valence electrons. The number of ketones is 1. The number of nitrogens with zero attached hydrogens (tertiary/aromatic N) is 1. The fraction of sp³-hybridized carbons (Fsp3) is 0.100. The Labute approximate surface area is 159 Å². The van der Waals surface area contributed by atoms with Crippen molar-refractivity contribution in [2.45, 2.75) is 0 Å². The van der Waals surface area contributed by atoms with Crippen molar-refractivity contribution >= 4 is 40.9 Å². The van der Waals surface area contributed by atoms with Gasteiger partial charge in [0.25, 0.3) is 5.56 Å². The van der Waals surface area contributed by atoms with Gasteiger partial charge in [0.2, 0.25) is 0 Å². The molecule has 6 heteroatoms. The molecule has 0 aliphatic carbocycles. The number of rotatable bonds is 4. The van der Waals surface area contributed by atoms with Gasteiger partial charge in [-0.15, -0.1) is 11.3 Å². The molecule has 0 unspecified atom stereocenters. The zero-order valence-corrected chi connectivity index (χ0v) is 15.8. The van der Waals surface area contributed by atoms with Gasteiger partial charge in [-0.25, -0.2) is 0 Å². The summed E-state index contributed by atoms with van der Waals surface area (Å²) in [5.41, 5.74) is 1.24. The van der Waals surface area contributed by atoms with E-state index in [0.717, 1.165) is 11.3 Å². The van der Waals surface area contributed by atoms with Crippen LogP contribution >= 0.6 is 22.9 Å². The second-order valence-corrected chi connectivity index (χ2v) is 7.10. The Morgan fingerprint density at radius 2 is 1.92 bits per heavy atom. The van der Waals surface area contributed by atoms with Gasteiger partial charge >= 0.3 is 0 Å². The number of ether oxygens (including phenoxy) is 1. The van der Waals surface area contributed by atoms with Crippen LogP contribution in [-0.4, -0.2) is 17.5 Å². The van der Waals surface area contributed by atoms with E-state index in [9.17, 15) is 9.59 Å². The summed E-state index contributed by atoms with van der Waals surface area (Å²) in [5, 5.41) is 0.570. The van der Waals surface area contributed by atoms with E-state index in [1.165, 1.54) is 22.0 Å². The Morgan fingerprint density at radius 1 is 1.19 bits per heavy atom. The van der Waals surface area contributed by atoms with E-state index >= 15 is 0 Å². The van der Waals surface area contributed by atoms with Crippen LogP contribution in [0.3, 0.4) is 0 Å². The molecular weight excluding hydrogens is 370 g/mol. The molecule has 0 radical (unpaired) electrons. The average Bonchev–Trinajstić information content (AvgIpc) is 2.90. The minimum Gasteiger partial charge on any atom is -0.497 e. The van der Waals surface area contributed by atoms with E-state index in [2.05, 4.69) is 0 Å². The van der Waals surface area contributed by atoms with Crippen LogP contribution in [0.4, 0.5) is 0 Å². The van der Waals surface area contributed by atoms with E-state index in [-0.39, 0.29) is 11.3 Å². The highest BCUT2D eigenvalue weighted by molar-refractivity contribution is 7.07. The molecule has 0 aliphatic rings. The highest BCUT2D eigenvalue weighted by Crippen LogP contribution is 2.13. The number of hydrogen-bond acceptors (Lipinski definition) is 4. The molecule has 3 aromatic rings. The first-order chi connectivity index (χ1) is 12.5. The lowest BCUT2D eigenvalue weighted by molar-refractivity contribution is 0.106. The van der Waals surface area contributed by atoms with Gasteiger partial charge in [-0.3, -0.25) is 9.59 Å². The summed E-state index contributed by atoms with van der Waals surface area (Å²) in [6.07, 6.45) is 3.26. The Morgan fingerprint density at radius 3 is 2.62 bits per heavy atom. The van der Waals surface area contributed by atoms with Crippen molar-refractivity contribution in [3.8, 4) is 5.75 Å². The van der Waals surface area contributed by atoms with E-state index in [1.807, 2.05) is 24.3 Å². The maximum absolute atomic E-state index is 12.5. The lowest BCUT2D eigenvalue weighted by atomic mass is 10.1. The molecule has 2 aromatic carbocycles. The number of methoxy groups -OCH3 is 1. The summed E-state index contributed by atoms with van der Waals surface area (Å²) in [5.74, 6) is 0.545. The number of thiazole rings is 1. The van der Waals surface area contributed by atoms with Crippen molar-refractivity contribution in [3.63, 3.8) is 0 Å². The molecule has 0 aliphatic heterocycles. The van der Waals surface area contributed by atoms with Gasteiger partial charge in [-0.05, 0) is 48.0 Å². The third kappa shape index (κ3) is 3.95. The van der Waals surface area contributed by atoms with Crippen molar-refractivity contribution in [1.82, 2.24) is 4.57 Å². The lowest BCUT2D eigenvalue weighted by Gasteiger charge is -1.99. The predicted octanol–water partition coefficient (Wildman–Crippen LogP) is 2.60. The number of halogens is 1. The molecule has 0 saturated carbocycles. The maximum atomic E-state index is 12.5. The Hall–Kier alpha value is -2.63. The van der Waals surface area contributed by atoms with E-state index in [0.29, 0.717) is 19.8 Å². The quantitative estimate of drug-likeness (QED) is 0.649. The van der Waals surface area contributed by atoms with Crippen LogP contribution in [-0.2, 0) is 7.05 Å². The second kappa shape index (κ2) is 7.72. The first-order valence-corrected chi connectivity index (χ1v) is 9.00. The largest absolute Gasteiger partial charge is 0.497 e. The Balaban J connectivity index is 2.04. The summed E-state index contributed by atoms with van der Waals surface area (Å²) >= 11 is 7.12. The SMILES string of the molecule is COc1cccc(C=c2sc(=CC(=O)c3ccc(Cl)cc3)n(C)c2=O)c1. The van der Waals surface area contributed by atoms with Gasteiger partial charge in [-0.1, -0.05) is 23.7 Å².